The predicted molar refractivity (Wildman–Crippen MR) is 134 cm³/mol. The first-order valence-electron chi connectivity index (χ1n) is 11.9. The number of thioether (sulfide) groups is 1. The number of hydrogen-bond acceptors (Lipinski definition) is 7. The molecule has 2 heterocycles. The SMILES string of the molecule is CC(C)C(Oc1ccc(CNC(=O)[C@@H]2SCCN2C(=O)CC(N)Cc2cc(F)c(F)cc2F)cn1)C(=O)O. The number of carboxylic acids is 1. The molecule has 1 aromatic heterocycles. The molecule has 2 unspecified atom stereocenters. The maximum atomic E-state index is 13.9. The van der Waals surface area contributed by atoms with E-state index in [0.29, 0.717) is 23.9 Å². The highest BCUT2D eigenvalue weighted by molar-refractivity contribution is 8.00. The van der Waals surface area contributed by atoms with E-state index < -0.39 is 52.8 Å². The number of nitrogens with two attached hydrogens (primary N) is 1. The van der Waals surface area contributed by atoms with E-state index in [1.807, 2.05) is 0 Å². The Morgan fingerprint density at radius 2 is 1.92 bits per heavy atom. The summed E-state index contributed by atoms with van der Waals surface area (Å²) in [5, 5.41) is 11.2. The van der Waals surface area contributed by atoms with Crippen LogP contribution in [0.4, 0.5) is 13.2 Å². The zero-order chi connectivity index (χ0) is 28.0. The Balaban J connectivity index is 1.52. The number of aromatic nitrogens is 1. The van der Waals surface area contributed by atoms with Gasteiger partial charge in [0.1, 0.15) is 5.82 Å². The topological polar surface area (TPSA) is 135 Å². The van der Waals surface area contributed by atoms with Crippen LogP contribution in [-0.2, 0) is 27.3 Å². The summed E-state index contributed by atoms with van der Waals surface area (Å²) < 4.78 is 45.9. The molecule has 4 N–H and O–H groups in total. The van der Waals surface area contributed by atoms with E-state index in [4.69, 9.17) is 10.5 Å². The standard InChI is InChI=1S/C25H29F3N4O5S/c1-13(2)22(25(35)36)37-20-4-3-14(11-30-20)12-31-23(34)24-32(5-6-38-24)21(33)9-16(29)7-15-8-18(27)19(28)10-17(15)26/h3-4,8,10-11,13,16,22,24H,5-7,9,12,29H2,1-2H3,(H,31,34)(H,35,36)/t16?,22?,24-/m0/s1. The van der Waals surface area contributed by atoms with Gasteiger partial charge in [0.15, 0.2) is 23.1 Å². The highest BCUT2D eigenvalue weighted by Crippen LogP contribution is 2.25. The Morgan fingerprint density at radius 3 is 2.55 bits per heavy atom. The molecule has 13 heteroatoms. The quantitative estimate of drug-likeness (QED) is 0.361. The second-order valence-electron chi connectivity index (χ2n) is 9.18. The lowest BCUT2D eigenvalue weighted by Crippen LogP contribution is -2.46. The molecule has 0 radical (unpaired) electrons. The zero-order valence-corrected chi connectivity index (χ0v) is 21.6. The Labute approximate surface area is 221 Å². The van der Waals surface area contributed by atoms with Gasteiger partial charge in [0, 0.05) is 55.6 Å². The van der Waals surface area contributed by atoms with E-state index >= 15 is 0 Å². The minimum atomic E-state index is -1.31. The summed E-state index contributed by atoms with van der Waals surface area (Å²) in [7, 11) is 0. The van der Waals surface area contributed by atoms with E-state index in [1.54, 1.807) is 19.9 Å². The third kappa shape index (κ3) is 7.60. The van der Waals surface area contributed by atoms with Gasteiger partial charge in [-0.25, -0.2) is 22.9 Å². The predicted octanol–water partition coefficient (Wildman–Crippen LogP) is 2.46. The van der Waals surface area contributed by atoms with Crippen LogP contribution in [0, 0.1) is 23.4 Å². The van der Waals surface area contributed by atoms with Gasteiger partial charge in [-0.05, 0) is 23.6 Å². The number of aliphatic carboxylic acids is 1. The number of nitrogens with one attached hydrogen (secondary N) is 1. The summed E-state index contributed by atoms with van der Waals surface area (Å²) in [6.07, 6.45) is 0.0293. The molecule has 1 aliphatic rings. The number of carbonyl (C=O) groups is 3. The van der Waals surface area contributed by atoms with Gasteiger partial charge in [0.05, 0.1) is 0 Å². The van der Waals surface area contributed by atoms with E-state index in [2.05, 4.69) is 10.3 Å². The molecule has 1 saturated heterocycles. The molecule has 0 spiro atoms. The first kappa shape index (κ1) is 29.2. The molecule has 2 aromatic rings. The van der Waals surface area contributed by atoms with Crippen LogP contribution < -0.4 is 15.8 Å². The van der Waals surface area contributed by atoms with Gasteiger partial charge >= 0.3 is 5.97 Å². The number of carboxylic acid groups (broad SMARTS) is 1. The first-order valence-corrected chi connectivity index (χ1v) is 12.9. The average Bonchev–Trinajstić information content (AvgIpc) is 3.35. The Hall–Kier alpha value is -3.32. The van der Waals surface area contributed by atoms with Crippen LogP contribution in [-0.4, -0.2) is 62.6 Å². The second kappa shape index (κ2) is 13.0. The minimum Gasteiger partial charge on any atom is -0.478 e. The monoisotopic (exact) mass is 554 g/mol. The maximum Gasteiger partial charge on any atom is 0.345 e. The van der Waals surface area contributed by atoms with Crippen molar-refractivity contribution in [1.29, 1.82) is 0 Å². The average molecular weight is 555 g/mol. The summed E-state index contributed by atoms with van der Waals surface area (Å²) in [6, 6.07) is 3.45. The van der Waals surface area contributed by atoms with Crippen LogP contribution in [0.5, 0.6) is 5.88 Å². The molecule has 38 heavy (non-hydrogen) atoms. The van der Waals surface area contributed by atoms with Crippen LogP contribution in [0.1, 0.15) is 31.4 Å². The highest BCUT2D eigenvalue weighted by Gasteiger charge is 2.35. The van der Waals surface area contributed by atoms with Crippen LogP contribution in [0.15, 0.2) is 30.5 Å². The normalized spacial score (nSPS) is 16.8. The van der Waals surface area contributed by atoms with Crippen molar-refractivity contribution in [2.45, 2.75) is 50.8 Å². The first-order chi connectivity index (χ1) is 18.0. The van der Waals surface area contributed by atoms with Gasteiger partial charge in [0.2, 0.25) is 11.8 Å². The highest BCUT2D eigenvalue weighted by atomic mass is 32.2. The fourth-order valence-electron chi connectivity index (χ4n) is 3.82. The number of nitrogens with zero attached hydrogens (tertiary/aromatic N) is 2. The van der Waals surface area contributed by atoms with Crippen LogP contribution in [0.25, 0.3) is 0 Å². The fraction of sp³-hybridized carbons (Fsp3) is 0.440. The summed E-state index contributed by atoms with van der Waals surface area (Å²) >= 11 is 1.28. The minimum absolute atomic E-state index is 0.118. The van der Waals surface area contributed by atoms with E-state index in [-0.39, 0.29) is 36.7 Å². The number of hydrogen-bond donors (Lipinski definition) is 3. The van der Waals surface area contributed by atoms with Gasteiger partial charge in [-0.1, -0.05) is 19.9 Å². The van der Waals surface area contributed by atoms with E-state index in [9.17, 15) is 32.7 Å². The molecule has 0 aliphatic carbocycles. The van der Waals surface area contributed by atoms with Gasteiger partial charge in [0.25, 0.3) is 5.91 Å². The molecule has 0 bridgehead atoms. The van der Waals surface area contributed by atoms with Crippen molar-refractivity contribution in [2.75, 3.05) is 12.3 Å². The number of amides is 2. The van der Waals surface area contributed by atoms with Crippen molar-refractivity contribution in [3.8, 4) is 5.88 Å². The molecule has 3 atom stereocenters. The summed E-state index contributed by atoms with van der Waals surface area (Å²) in [5.41, 5.74) is 6.48. The van der Waals surface area contributed by atoms with Crippen molar-refractivity contribution < 1.29 is 37.4 Å². The van der Waals surface area contributed by atoms with Gasteiger partial charge in [-0.3, -0.25) is 9.59 Å². The lowest BCUT2D eigenvalue weighted by molar-refractivity contribution is -0.147. The Bertz CT molecular complexity index is 1170. The number of carbonyl (C=O) groups excluding carboxylic acids is 2. The molecule has 1 fully saturated rings. The maximum absolute atomic E-state index is 13.9. The molecular weight excluding hydrogens is 525 g/mol. The molecule has 0 saturated carbocycles. The summed E-state index contributed by atoms with van der Waals surface area (Å²) in [6.45, 7) is 3.88. The molecule has 9 nitrogen and oxygen atoms in total. The third-order valence-electron chi connectivity index (χ3n) is 5.80. The van der Waals surface area contributed by atoms with Crippen molar-refractivity contribution >= 4 is 29.5 Å². The number of ether oxygens (including phenoxy) is 1. The number of halogens is 3. The number of rotatable bonds is 11. The third-order valence-corrected chi connectivity index (χ3v) is 7.01. The van der Waals surface area contributed by atoms with Crippen LogP contribution in [0.3, 0.4) is 0 Å². The van der Waals surface area contributed by atoms with Crippen LogP contribution >= 0.6 is 11.8 Å². The van der Waals surface area contributed by atoms with Gasteiger partial charge in [-0.2, -0.15) is 0 Å². The molecule has 3 rings (SSSR count). The van der Waals surface area contributed by atoms with Crippen molar-refractivity contribution in [3.63, 3.8) is 0 Å². The van der Waals surface area contributed by atoms with Crippen LogP contribution in [0.2, 0.25) is 0 Å². The Kier molecular flexibility index (Phi) is 9.97. The van der Waals surface area contributed by atoms with Gasteiger partial charge < -0.3 is 25.8 Å². The second-order valence-corrected chi connectivity index (χ2v) is 10.4. The van der Waals surface area contributed by atoms with Gasteiger partial charge in [-0.15, -0.1) is 11.8 Å². The van der Waals surface area contributed by atoms with Crippen molar-refractivity contribution in [1.82, 2.24) is 15.2 Å². The summed E-state index contributed by atoms with van der Waals surface area (Å²) in [4.78, 5) is 42.4. The lowest BCUT2D eigenvalue weighted by atomic mass is 10.0. The fourth-order valence-corrected chi connectivity index (χ4v) is 4.99. The summed E-state index contributed by atoms with van der Waals surface area (Å²) in [5.74, 6) is -4.94. The zero-order valence-electron chi connectivity index (χ0n) is 20.8. The molecule has 206 valence electrons. The molecule has 2 amide bonds. The smallest absolute Gasteiger partial charge is 0.345 e. The number of pyridine rings is 1. The van der Waals surface area contributed by atoms with E-state index in [0.717, 1.165) is 6.07 Å². The van der Waals surface area contributed by atoms with Crippen molar-refractivity contribution in [2.24, 2.45) is 11.7 Å². The molecular formula is C25H29F3N4O5S. The molecule has 1 aliphatic heterocycles. The lowest BCUT2D eigenvalue weighted by Gasteiger charge is -2.24. The van der Waals surface area contributed by atoms with Crippen molar-refractivity contribution in [3.05, 3.63) is 59.0 Å². The number of benzene rings is 1. The Morgan fingerprint density at radius 1 is 1.21 bits per heavy atom. The largest absolute Gasteiger partial charge is 0.478 e. The van der Waals surface area contributed by atoms with E-state index in [1.165, 1.54) is 28.9 Å². The molecule has 1 aromatic carbocycles.